The highest BCUT2D eigenvalue weighted by molar-refractivity contribution is 5.62. The number of nitrogens with zero attached hydrogens (tertiary/aromatic N) is 1. The van der Waals surface area contributed by atoms with Gasteiger partial charge in [0.1, 0.15) is 0 Å². The standard InChI is InChI=1S/C13H16FNO/c14-13(11-16)6-8-15(9-7-13)10-12-4-2-1-3-5-12/h1-5,11H,6-10H2. The first-order valence-corrected chi connectivity index (χ1v) is 5.63. The van der Waals surface area contributed by atoms with E-state index in [9.17, 15) is 9.18 Å². The van der Waals surface area contributed by atoms with Crippen LogP contribution < -0.4 is 0 Å². The van der Waals surface area contributed by atoms with Crippen LogP contribution in [0.4, 0.5) is 4.39 Å². The molecule has 0 aliphatic carbocycles. The first-order valence-electron chi connectivity index (χ1n) is 5.63. The molecule has 0 saturated carbocycles. The predicted octanol–water partition coefficient (Wildman–Crippen LogP) is 2.19. The molecule has 0 amide bonds. The number of rotatable bonds is 3. The summed E-state index contributed by atoms with van der Waals surface area (Å²) in [5, 5.41) is 0. The van der Waals surface area contributed by atoms with Crippen molar-refractivity contribution in [1.29, 1.82) is 0 Å². The summed E-state index contributed by atoms with van der Waals surface area (Å²) in [6.07, 6.45) is 1.11. The SMILES string of the molecule is O=CC1(F)CCN(Cc2ccccc2)CC1. The summed E-state index contributed by atoms with van der Waals surface area (Å²) in [6, 6.07) is 10.1. The van der Waals surface area contributed by atoms with Crippen LogP contribution in [0.1, 0.15) is 18.4 Å². The first kappa shape index (κ1) is 11.3. The molecule has 0 atom stereocenters. The van der Waals surface area contributed by atoms with Crippen LogP contribution in [0.5, 0.6) is 0 Å². The Balaban J connectivity index is 1.88. The predicted molar refractivity (Wildman–Crippen MR) is 60.9 cm³/mol. The smallest absolute Gasteiger partial charge is 0.168 e. The maximum absolute atomic E-state index is 13.6. The lowest BCUT2D eigenvalue weighted by atomic mass is 9.95. The molecule has 1 heterocycles. The molecule has 0 N–H and O–H groups in total. The molecule has 1 saturated heterocycles. The Morgan fingerprint density at radius 3 is 2.44 bits per heavy atom. The second kappa shape index (κ2) is 4.74. The molecule has 1 fully saturated rings. The van der Waals surface area contributed by atoms with Gasteiger partial charge in [-0.1, -0.05) is 30.3 Å². The Kier molecular flexibility index (Phi) is 3.34. The molecular formula is C13H16FNO. The quantitative estimate of drug-likeness (QED) is 0.729. The largest absolute Gasteiger partial charge is 0.300 e. The summed E-state index contributed by atoms with van der Waals surface area (Å²) >= 11 is 0. The molecule has 0 spiro atoms. The van der Waals surface area contributed by atoms with Gasteiger partial charge in [0.15, 0.2) is 12.0 Å². The van der Waals surface area contributed by atoms with Crippen molar-refractivity contribution >= 4 is 6.29 Å². The third-order valence-electron chi connectivity index (χ3n) is 3.15. The fourth-order valence-electron chi connectivity index (χ4n) is 2.04. The number of carbonyl (C=O) groups excluding carboxylic acids is 1. The van der Waals surface area contributed by atoms with E-state index in [0.29, 0.717) is 32.2 Å². The van der Waals surface area contributed by atoms with E-state index in [0.717, 1.165) is 6.54 Å². The molecule has 1 aromatic carbocycles. The second-order valence-electron chi connectivity index (χ2n) is 4.41. The lowest BCUT2D eigenvalue weighted by molar-refractivity contribution is -0.120. The molecule has 2 rings (SSSR count). The maximum atomic E-state index is 13.6. The maximum Gasteiger partial charge on any atom is 0.168 e. The third kappa shape index (κ3) is 2.67. The van der Waals surface area contributed by atoms with Crippen LogP contribution >= 0.6 is 0 Å². The van der Waals surface area contributed by atoms with Crippen LogP contribution in [0, 0.1) is 0 Å². The van der Waals surface area contributed by atoms with Gasteiger partial charge in [0.05, 0.1) is 0 Å². The minimum absolute atomic E-state index is 0.323. The third-order valence-corrected chi connectivity index (χ3v) is 3.15. The minimum atomic E-state index is -1.58. The molecular weight excluding hydrogens is 205 g/mol. The van der Waals surface area contributed by atoms with Crippen LogP contribution in [-0.2, 0) is 11.3 Å². The number of halogens is 1. The monoisotopic (exact) mass is 221 g/mol. The highest BCUT2D eigenvalue weighted by Gasteiger charge is 2.33. The lowest BCUT2D eigenvalue weighted by Crippen LogP contribution is -2.42. The van der Waals surface area contributed by atoms with E-state index in [2.05, 4.69) is 17.0 Å². The van der Waals surface area contributed by atoms with Crippen molar-refractivity contribution < 1.29 is 9.18 Å². The first-order chi connectivity index (χ1) is 7.72. The van der Waals surface area contributed by atoms with Gasteiger partial charge in [0.25, 0.3) is 0 Å². The number of hydrogen-bond acceptors (Lipinski definition) is 2. The van der Waals surface area contributed by atoms with E-state index in [4.69, 9.17) is 0 Å². The average molecular weight is 221 g/mol. The Morgan fingerprint density at radius 1 is 1.25 bits per heavy atom. The fourth-order valence-corrected chi connectivity index (χ4v) is 2.04. The van der Waals surface area contributed by atoms with E-state index in [-0.39, 0.29) is 0 Å². The molecule has 86 valence electrons. The van der Waals surface area contributed by atoms with Gasteiger partial charge in [0, 0.05) is 32.5 Å². The van der Waals surface area contributed by atoms with Crippen molar-refractivity contribution in [2.75, 3.05) is 13.1 Å². The van der Waals surface area contributed by atoms with Crippen molar-refractivity contribution in [3.63, 3.8) is 0 Å². The van der Waals surface area contributed by atoms with E-state index in [1.165, 1.54) is 5.56 Å². The lowest BCUT2D eigenvalue weighted by Gasteiger charge is -2.33. The number of piperidine rings is 1. The number of hydrogen-bond donors (Lipinski definition) is 0. The molecule has 0 unspecified atom stereocenters. The molecule has 1 aromatic rings. The Morgan fingerprint density at radius 2 is 1.88 bits per heavy atom. The van der Waals surface area contributed by atoms with Crippen molar-refractivity contribution in [3.05, 3.63) is 35.9 Å². The molecule has 0 aromatic heterocycles. The summed E-state index contributed by atoms with van der Waals surface area (Å²) in [6.45, 7) is 2.16. The Labute approximate surface area is 95.1 Å². The summed E-state index contributed by atoms with van der Waals surface area (Å²) in [5.74, 6) is 0. The topological polar surface area (TPSA) is 20.3 Å². The van der Waals surface area contributed by atoms with Crippen molar-refractivity contribution in [2.45, 2.75) is 25.1 Å². The van der Waals surface area contributed by atoms with Crippen LogP contribution in [0.25, 0.3) is 0 Å². The number of benzene rings is 1. The van der Waals surface area contributed by atoms with E-state index in [1.54, 1.807) is 0 Å². The zero-order valence-electron chi connectivity index (χ0n) is 9.23. The zero-order valence-corrected chi connectivity index (χ0v) is 9.23. The fraction of sp³-hybridized carbons (Fsp3) is 0.462. The number of aldehydes is 1. The van der Waals surface area contributed by atoms with Crippen LogP contribution in [0.3, 0.4) is 0 Å². The summed E-state index contributed by atoms with van der Waals surface area (Å²) in [4.78, 5) is 12.7. The van der Waals surface area contributed by atoms with Crippen LogP contribution in [0.15, 0.2) is 30.3 Å². The van der Waals surface area contributed by atoms with Gasteiger partial charge in [-0.15, -0.1) is 0 Å². The molecule has 3 heteroatoms. The highest BCUT2D eigenvalue weighted by Crippen LogP contribution is 2.25. The summed E-state index contributed by atoms with van der Waals surface area (Å²) < 4.78 is 13.6. The van der Waals surface area contributed by atoms with Gasteiger partial charge in [-0.2, -0.15) is 0 Å². The van der Waals surface area contributed by atoms with Gasteiger partial charge in [0.2, 0.25) is 0 Å². The molecule has 2 nitrogen and oxygen atoms in total. The highest BCUT2D eigenvalue weighted by atomic mass is 19.1. The molecule has 0 radical (unpaired) electrons. The Hall–Kier alpha value is -1.22. The van der Waals surface area contributed by atoms with Gasteiger partial charge in [-0.3, -0.25) is 9.69 Å². The van der Waals surface area contributed by atoms with Crippen molar-refractivity contribution in [2.24, 2.45) is 0 Å². The minimum Gasteiger partial charge on any atom is -0.300 e. The Bertz CT molecular complexity index is 344. The van der Waals surface area contributed by atoms with Gasteiger partial charge in [-0.05, 0) is 5.56 Å². The van der Waals surface area contributed by atoms with Gasteiger partial charge < -0.3 is 0 Å². The van der Waals surface area contributed by atoms with Gasteiger partial charge in [-0.25, -0.2) is 4.39 Å². The molecule has 0 bridgehead atoms. The molecule has 1 aliphatic heterocycles. The van der Waals surface area contributed by atoms with E-state index < -0.39 is 5.67 Å². The van der Waals surface area contributed by atoms with Gasteiger partial charge >= 0.3 is 0 Å². The number of likely N-dealkylation sites (tertiary alicyclic amines) is 1. The molecule has 1 aliphatic rings. The van der Waals surface area contributed by atoms with Crippen LogP contribution in [-0.4, -0.2) is 29.9 Å². The second-order valence-corrected chi connectivity index (χ2v) is 4.41. The zero-order chi connectivity index (χ0) is 11.4. The number of alkyl halides is 1. The van der Waals surface area contributed by atoms with Crippen LogP contribution in [0.2, 0.25) is 0 Å². The van der Waals surface area contributed by atoms with E-state index >= 15 is 0 Å². The molecule has 16 heavy (non-hydrogen) atoms. The van der Waals surface area contributed by atoms with E-state index in [1.807, 2.05) is 18.2 Å². The average Bonchev–Trinajstić information content (AvgIpc) is 2.34. The summed E-state index contributed by atoms with van der Waals surface area (Å²) in [7, 11) is 0. The van der Waals surface area contributed by atoms with Crippen molar-refractivity contribution in [3.8, 4) is 0 Å². The van der Waals surface area contributed by atoms with Crippen molar-refractivity contribution in [1.82, 2.24) is 4.90 Å². The normalized spacial score (nSPS) is 20.6. The number of carbonyl (C=O) groups is 1. The summed E-state index contributed by atoms with van der Waals surface area (Å²) in [5.41, 5.74) is -0.340.